The molecule has 0 saturated carbocycles. The van der Waals surface area contributed by atoms with Crippen molar-refractivity contribution in [2.24, 2.45) is 12.0 Å². The highest BCUT2D eigenvalue weighted by Gasteiger charge is 2.53. The van der Waals surface area contributed by atoms with E-state index in [0.717, 1.165) is 5.69 Å². The molecule has 0 spiro atoms. The van der Waals surface area contributed by atoms with Gasteiger partial charge < -0.3 is 10.0 Å². The van der Waals surface area contributed by atoms with E-state index >= 15 is 0 Å². The Hall–Kier alpha value is -2.47. The summed E-state index contributed by atoms with van der Waals surface area (Å²) >= 11 is 0. The molecule has 0 bridgehead atoms. The van der Waals surface area contributed by atoms with Crippen LogP contribution < -0.4 is 4.90 Å². The van der Waals surface area contributed by atoms with Gasteiger partial charge in [0.25, 0.3) is 0 Å². The number of aryl methyl sites for hydroxylation is 1. The Balaban J connectivity index is 1.89. The maximum Gasteiger partial charge on any atom is 0.207 e. The number of aliphatic hydroxyl groups is 1. The Morgan fingerprint density at radius 1 is 1.29 bits per heavy atom. The average Bonchev–Trinajstić information content (AvgIpc) is 3.03. The first-order valence-electron chi connectivity index (χ1n) is 6.82. The van der Waals surface area contributed by atoms with Crippen molar-refractivity contribution in [1.82, 2.24) is 9.78 Å². The molecule has 2 aliphatic rings. The van der Waals surface area contributed by atoms with Gasteiger partial charge in [0.05, 0.1) is 11.8 Å². The molecule has 106 valence electrons. The van der Waals surface area contributed by atoms with Crippen molar-refractivity contribution in [2.45, 2.75) is 12.0 Å². The largest absolute Gasteiger partial charge is 0.374 e. The van der Waals surface area contributed by atoms with Crippen LogP contribution in [0.25, 0.3) is 0 Å². The fourth-order valence-corrected chi connectivity index (χ4v) is 2.99. The highest BCUT2D eigenvalue weighted by Crippen LogP contribution is 2.38. The van der Waals surface area contributed by atoms with Crippen molar-refractivity contribution in [2.75, 3.05) is 11.4 Å². The molecular formula is C15H14N4O2. The molecule has 0 radical (unpaired) electrons. The molecule has 3 heterocycles. The minimum absolute atomic E-state index is 0.311. The zero-order chi connectivity index (χ0) is 14.6. The monoisotopic (exact) mass is 282 g/mol. The second-order valence-electron chi connectivity index (χ2n) is 5.37. The smallest absolute Gasteiger partial charge is 0.207 e. The predicted octanol–water partition coefficient (Wildman–Crippen LogP) is 1.29. The Morgan fingerprint density at radius 2 is 2.05 bits per heavy atom. The van der Waals surface area contributed by atoms with Gasteiger partial charge >= 0.3 is 0 Å². The summed E-state index contributed by atoms with van der Waals surface area (Å²) < 4.78 is 1.56. The molecule has 0 aliphatic carbocycles. The van der Waals surface area contributed by atoms with Crippen LogP contribution in [0.3, 0.4) is 0 Å². The minimum atomic E-state index is -1.54. The van der Waals surface area contributed by atoms with Gasteiger partial charge in [-0.1, -0.05) is 18.2 Å². The van der Waals surface area contributed by atoms with Gasteiger partial charge in [-0.2, -0.15) is 5.10 Å². The van der Waals surface area contributed by atoms with Gasteiger partial charge in [0, 0.05) is 25.7 Å². The number of fused-ring (bicyclic) bond motifs is 2. The van der Waals surface area contributed by atoms with Gasteiger partial charge in [-0.15, -0.1) is 0 Å². The van der Waals surface area contributed by atoms with Crippen LogP contribution in [-0.2, 0) is 7.05 Å². The van der Waals surface area contributed by atoms with Crippen LogP contribution >= 0.6 is 0 Å². The van der Waals surface area contributed by atoms with Crippen LogP contribution in [0.2, 0.25) is 0 Å². The van der Waals surface area contributed by atoms with Gasteiger partial charge in [-0.25, -0.2) is 4.99 Å². The zero-order valence-corrected chi connectivity index (χ0v) is 11.5. The first-order chi connectivity index (χ1) is 10.1. The Kier molecular flexibility index (Phi) is 2.35. The molecule has 2 aromatic rings. The summed E-state index contributed by atoms with van der Waals surface area (Å²) in [6, 6.07) is 9.66. The second-order valence-corrected chi connectivity index (χ2v) is 5.37. The molecule has 4 rings (SSSR count). The van der Waals surface area contributed by atoms with Crippen molar-refractivity contribution in [3.8, 4) is 0 Å². The highest BCUT2D eigenvalue weighted by molar-refractivity contribution is 6.28. The van der Waals surface area contributed by atoms with Crippen molar-refractivity contribution < 1.29 is 9.90 Å². The Morgan fingerprint density at radius 3 is 2.81 bits per heavy atom. The number of rotatable bonds is 1. The summed E-state index contributed by atoms with van der Waals surface area (Å²) in [5, 5.41) is 14.9. The molecule has 1 saturated heterocycles. The number of anilines is 1. The molecule has 6 heteroatoms. The quantitative estimate of drug-likeness (QED) is 0.855. The lowest BCUT2D eigenvalue weighted by molar-refractivity contribution is 0.0602. The average molecular weight is 282 g/mol. The van der Waals surface area contributed by atoms with Gasteiger partial charge in [-0.3, -0.25) is 9.48 Å². The van der Waals surface area contributed by atoms with Crippen molar-refractivity contribution >= 4 is 23.1 Å². The summed E-state index contributed by atoms with van der Waals surface area (Å²) in [5.74, 6) is 0.589. The van der Waals surface area contributed by atoms with Gasteiger partial charge in [-0.05, 0) is 12.1 Å². The number of para-hydroxylation sites is 1. The van der Waals surface area contributed by atoms with E-state index < -0.39 is 5.60 Å². The molecule has 0 unspecified atom stereocenters. The Bertz CT molecular complexity index is 765. The number of hydrogen-bond donors (Lipinski definition) is 1. The van der Waals surface area contributed by atoms with Crippen molar-refractivity contribution in [3.05, 3.63) is 42.1 Å². The molecule has 1 atom stereocenters. The second kappa shape index (κ2) is 4.02. The van der Waals surface area contributed by atoms with Crippen LogP contribution in [0.15, 0.2) is 41.5 Å². The molecule has 1 aromatic carbocycles. The summed E-state index contributed by atoms with van der Waals surface area (Å²) in [6.45, 7) is 0.562. The van der Waals surface area contributed by atoms with Crippen LogP contribution in [0.1, 0.15) is 16.8 Å². The Labute approximate surface area is 121 Å². The first kappa shape index (κ1) is 12.3. The third-order valence-corrected chi connectivity index (χ3v) is 4.13. The summed E-state index contributed by atoms with van der Waals surface area (Å²) in [6.07, 6.45) is 1.81. The number of nitrogens with zero attached hydrogens (tertiary/aromatic N) is 4. The van der Waals surface area contributed by atoms with Gasteiger partial charge in [0.2, 0.25) is 5.78 Å². The minimum Gasteiger partial charge on any atom is -0.374 e. The molecule has 6 nitrogen and oxygen atoms in total. The van der Waals surface area contributed by atoms with Crippen molar-refractivity contribution in [3.63, 3.8) is 0 Å². The zero-order valence-electron chi connectivity index (χ0n) is 11.5. The number of ketones is 1. The fraction of sp³-hybridized carbons (Fsp3) is 0.267. The van der Waals surface area contributed by atoms with Crippen LogP contribution in [0.5, 0.6) is 0 Å². The van der Waals surface area contributed by atoms with E-state index in [9.17, 15) is 9.90 Å². The molecule has 2 aliphatic heterocycles. The topological polar surface area (TPSA) is 70.7 Å². The molecule has 0 amide bonds. The van der Waals surface area contributed by atoms with Crippen LogP contribution in [0.4, 0.5) is 11.5 Å². The lowest BCUT2D eigenvalue weighted by atomic mass is 9.90. The van der Waals surface area contributed by atoms with Crippen LogP contribution in [0, 0.1) is 0 Å². The van der Waals surface area contributed by atoms with E-state index in [1.54, 1.807) is 11.7 Å². The lowest BCUT2D eigenvalue weighted by Gasteiger charge is -2.28. The molecule has 1 fully saturated rings. The number of Topliss-reactive ketones (excluding diaryl/α,β-unsaturated/α-hetero) is 1. The standard InChI is InChI=1S/C15H14N4O2/c1-18-13-11(9-16-18)12(20)15(21)7-8-19(14(15)17-13)10-5-3-2-4-6-10/h2-6,9,21H,7-8H2,1H3/t15-/m1/s1. The van der Waals surface area contributed by atoms with E-state index in [-0.39, 0.29) is 5.78 Å². The number of aliphatic imine (C=N–C) groups is 1. The number of carbonyl (C=O) groups excluding carboxylic acids is 1. The summed E-state index contributed by atoms with van der Waals surface area (Å²) in [7, 11) is 1.74. The van der Waals surface area contributed by atoms with E-state index in [4.69, 9.17) is 0 Å². The molecular weight excluding hydrogens is 268 g/mol. The van der Waals surface area contributed by atoms with Gasteiger partial charge in [0.15, 0.2) is 17.3 Å². The SMILES string of the molecule is Cn1ncc2c1N=C1N(c3ccccc3)CC[C@@]1(O)C2=O. The normalized spacial score (nSPS) is 23.8. The third-order valence-electron chi connectivity index (χ3n) is 4.13. The summed E-state index contributed by atoms with van der Waals surface area (Å²) in [5.41, 5.74) is -0.226. The third kappa shape index (κ3) is 1.53. The fourth-order valence-electron chi connectivity index (χ4n) is 2.99. The van der Waals surface area contributed by atoms with E-state index in [2.05, 4.69) is 10.1 Å². The number of benzene rings is 1. The number of carbonyl (C=O) groups is 1. The maximum absolute atomic E-state index is 12.6. The molecule has 1 aromatic heterocycles. The highest BCUT2D eigenvalue weighted by atomic mass is 16.3. The first-order valence-corrected chi connectivity index (χ1v) is 6.82. The van der Waals surface area contributed by atoms with E-state index in [1.807, 2.05) is 35.2 Å². The maximum atomic E-state index is 12.6. The van der Waals surface area contributed by atoms with E-state index in [0.29, 0.717) is 30.2 Å². The van der Waals surface area contributed by atoms with Crippen LogP contribution in [-0.4, -0.2) is 38.7 Å². The number of aromatic nitrogens is 2. The lowest BCUT2D eigenvalue weighted by Crippen LogP contribution is -2.48. The molecule has 1 N–H and O–H groups in total. The number of amidine groups is 1. The van der Waals surface area contributed by atoms with Crippen molar-refractivity contribution in [1.29, 1.82) is 0 Å². The predicted molar refractivity (Wildman–Crippen MR) is 78.0 cm³/mol. The molecule has 21 heavy (non-hydrogen) atoms. The van der Waals surface area contributed by atoms with E-state index in [1.165, 1.54) is 6.20 Å². The number of hydrogen-bond acceptors (Lipinski definition) is 5. The van der Waals surface area contributed by atoms with Gasteiger partial charge in [0.1, 0.15) is 0 Å². The summed E-state index contributed by atoms with van der Waals surface area (Å²) in [4.78, 5) is 19.0.